The first-order valence-electron chi connectivity index (χ1n) is 11.9. The van der Waals surface area contributed by atoms with E-state index in [1.54, 1.807) is 4.90 Å². The zero-order chi connectivity index (χ0) is 24.9. The van der Waals surface area contributed by atoms with E-state index in [1.807, 2.05) is 78.9 Å². The Morgan fingerprint density at radius 2 is 1.69 bits per heavy atom. The van der Waals surface area contributed by atoms with Crippen molar-refractivity contribution in [2.45, 2.75) is 20.0 Å². The van der Waals surface area contributed by atoms with E-state index in [4.69, 9.17) is 9.73 Å². The lowest BCUT2D eigenvalue weighted by Gasteiger charge is -2.14. The summed E-state index contributed by atoms with van der Waals surface area (Å²) < 4.78 is 7.32. The van der Waals surface area contributed by atoms with Gasteiger partial charge in [0.25, 0.3) is 5.91 Å². The van der Waals surface area contributed by atoms with Crippen molar-refractivity contribution in [3.05, 3.63) is 112 Å². The fourth-order valence-electron chi connectivity index (χ4n) is 4.05. The number of carbonyl (C=O) groups excluding carboxylic acids is 1. The van der Waals surface area contributed by atoms with Crippen LogP contribution in [0.15, 0.2) is 105 Å². The van der Waals surface area contributed by atoms with Crippen LogP contribution in [0.3, 0.4) is 0 Å². The third-order valence-electron chi connectivity index (χ3n) is 5.83. The maximum Gasteiger partial charge on any atom is 0.266 e. The maximum atomic E-state index is 13.5. The van der Waals surface area contributed by atoms with Gasteiger partial charge in [0.2, 0.25) is 0 Å². The number of amidine groups is 1. The number of hydrogen-bond donors (Lipinski definition) is 0. The second-order valence-electron chi connectivity index (χ2n) is 8.41. The van der Waals surface area contributed by atoms with Gasteiger partial charge in [-0.1, -0.05) is 83.5 Å². The first-order chi connectivity index (χ1) is 17.6. The Labute approximate surface area is 223 Å². The van der Waals surface area contributed by atoms with Gasteiger partial charge in [0, 0.05) is 16.6 Å². The molecule has 4 nitrogen and oxygen atoms in total. The number of carbonyl (C=O) groups is 1. The Hall–Kier alpha value is -3.35. The van der Waals surface area contributed by atoms with Crippen LogP contribution < -0.4 is 4.74 Å². The van der Waals surface area contributed by atoms with Crippen LogP contribution in [0.5, 0.6) is 5.75 Å². The molecule has 0 atom stereocenters. The van der Waals surface area contributed by atoms with Crippen LogP contribution in [-0.2, 0) is 11.4 Å². The molecule has 0 aliphatic carbocycles. The quantitative estimate of drug-likeness (QED) is 0.215. The monoisotopic (exact) mass is 556 g/mol. The van der Waals surface area contributed by atoms with Crippen molar-refractivity contribution in [1.82, 2.24) is 4.90 Å². The molecule has 0 bridgehead atoms. The summed E-state index contributed by atoms with van der Waals surface area (Å²) in [5.41, 5.74) is 2.81. The minimum atomic E-state index is -0.0247. The molecule has 0 saturated carbocycles. The number of benzene rings is 4. The Morgan fingerprint density at radius 3 is 2.47 bits per heavy atom. The number of ether oxygens (including phenoxy) is 1. The van der Waals surface area contributed by atoms with E-state index in [1.165, 1.54) is 11.8 Å². The smallest absolute Gasteiger partial charge is 0.266 e. The lowest BCUT2D eigenvalue weighted by atomic mass is 10.0. The lowest BCUT2D eigenvalue weighted by Crippen LogP contribution is -2.29. The molecule has 180 valence electrons. The molecule has 1 aliphatic heterocycles. The van der Waals surface area contributed by atoms with Crippen LogP contribution in [0.25, 0.3) is 16.8 Å². The van der Waals surface area contributed by atoms with E-state index in [0.717, 1.165) is 44.2 Å². The summed E-state index contributed by atoms with van der Waals surface area (Å²) in [6.45, 7) is 3.13. The number of thioether (sulfide) groups is 1. The normalized spacial score (nSPS) is 15.8. The van der Waals surface area contributed by atoms with Gasteiger partial charge in [0.15, 0.2) is 5.17 Å². The van der Waals surface area contributed by atoms with Gasteiger partial charge in [-0.3, -0.25) is 9.69 Å². The van der Waals surface area contributed by atoms with Gasteiger partial charge in [-0.05, 0) is 70.9 Å². The molecule has 36 heavy (non-hydrogen) atoms. The first-order valence-corrected chi connectivity index (χ1v) is 13.5. The molecule has 5 rings (SSSR count). The number of halogens is 1. The van der Waals surface area contributed by atoms with Gasteiger partial charge in [0.05, 0.1) is 10.6 Å². The number of nitrogens with zero attached hydrogens (tertiary/aromatic N) is 2. The summed E-state index contributed by atoms with van der Waals surface area (Å²) in [6.07, 6.45) is 2.81. The van der Waals surface area contributed by atoms with Crippen LogP contribution in [0.4, 0.5) is 5.69 Å². The van der Waals surface area contributed by atoms with E-state index in [0.29, 0.717) is 23.2 Å². The number of hydrogen-bond acceptors (Lipinski definition) is 4. The standard InChI is InChI=1S/C30H25BrN2O2S/c1-2-18-33-29(34)28(36-30(33)32-24-9-4-3-5-10-24)19-26-25-11-7-6-8-22(25)14-17-27(26)35-20-21-12-15-23(31)16-13-21/h3-17,19H,2,18,20H2,1H3/b28-19+,32-30?. The van der Waals surface area contributed by atoms with Crippen LogP contribution in [0.1, 0.15) is 24.5 Å². The predicted molar refractivity (Wildman–Crippen MR) is 154 cm³/mol. The van der Waals surface area contributed by atoms with E-state index in [-0.39, 0.29) is 5.91 Å². The van der Waals surface area contributed by atoms with Crippen molar-refractivity contribution >= 4 is 61.3 Å². The second-order valence-corrected chi connectivity index (χ2v) is 10.3. The molecule has 4 aromatic carbocycles. The molecule has 1 amide bonds. The summed E-state index contributed by atoms with van der Waals surface area (Å²) in [6, 6.07) is 30.1. The fraction of sp³-hybridized carbons (Fsp3) is 0.133. The summed E-state index contributed by atoms with van der Waals surface area (Å²) in [4.78, 5) is 20.7. The van der Waals surface area contributed by atoms with Gasteiger partial charge >= 0.3 is 0 Å². The van der Waals surface area contributed by atoms with Gasteiger partial charge in [-0.15, -0.1) is 0 Å². The molecule has 1 fully saturated rings. The number of aliphatic imine (C=N–C) groups is 1. The number of para-hydroxylation sites is 1. The molecule has 0 N–H and O–H groups in total. The molecular weight excluding hydrogens is 532 g/mol. The van der Waals surface area contributed by atoms with Crippen LogP contribution in [0, 0.1) is 0 Å². The largest absolute Gasteiger partial charge is 0.488 e. The highest BCUT2D eigenvalue weighted by atomic mass is 79.9. The maximum absolute atomic E-state index is 13.5. The highest BCUT2D eigenvalue weighted by molar-refractivity contribution is 9.10. The molecule has 0 unspecified atom stereocenters. The number of fused-ring (bicyclic) bond motifs is 1. The minimum Gasteiger partial charge on any atom is -0.488 e. The topological polar surface area (TPSA) is 41.9 Å². The highest BCUT2D eigenvalue weighted by Gasteiger charge is 2.33. The molecule has 0 spiro atoms. The van der Waals surface area contributed by atoms with Crippen molar-refractivity contribution in [2.75, 3.05) is 6.54 Å². The zero-order valence-electron chi connectivity index (χ0n) is 19.9. The fourth-order valence-corrected chi connectivity index (χ4v) is 5.32. The van der Waals surface area contributed by atoms with Crippen molar-refractivity contribution in [1.29, 1.82) is 0 Å². The van der Waals surface area contributed by atoms with Crippen molar-refractivity contribution in [3.8, 4) is 5.75 Å². The summed E-state index contributed by atoms with van der Waals surface area (Å²) in [7, 11) is 0. The average Bonchev–Trinajstić information content (AvgIpc) is 3.19. The second kappa shape index (κ2) is 11.1. The van der Waals surface area contributed by atoms with Crippen LogP contribution >= 0.6 is 27.7 Å². The average molecular weight is 558 g/mol. The van der Waals surface area contributed by atoms with Crippen LogP contribution in [-0.4, -0.2) is 22.5 Å². The van der Waals surface area contributed by atoms with Crippen molar-refractivity contribution in [3.63, 3.8) is 0 Å². The van der Waals surface area contributed by atoms with Gasteiger partial charge in [-0.25, -0.2) is 4.99 Å². The highest BCUT2D eigenvalue weighted by Crippen LogP contribution is 2.38. The Bertz CT molecular complexity index is 1450. The van der Waals surface area contributed by atoms with Gasteiger partial charge in [0.1, 0.15) is 12.4 Å². The van der Waals surface area contributed by atoms with Crippen molar-refractivity contribution < 1.29 is 9.53 Å². The Balaban J connectivity index is 1.53. The third kappa shape index (κ3) is 5.40. The molecule has 4 aromatic rings. The first kappa shape index (κ1) is 24.3. The van der Waals surface area contributed by atoms with E-state index < -0.39 is 0 Å². The molecule has 0 aromatic heterocycles. The minimum absolute atomic E-state index is 0.0247. The number of amides is 1. The number of rotatable bonds is 7. The molecule has 6 heteroatoms. The third-order valence-corrected chi connectivity index (χ3v) is 7.37. The van der Waals surface area contributed by atoms with E-state index in [2.05, 4.69) is 41.1 Å². The molecular formula is C30H25BrN2O2S. The summed E-state index contributed by atoms with van der Waals surface area (Å²) in [5, 5.41) is 2.85. The Kier molecular flexibility index (Phi) is 7.54. The van der Waals surface area contributed by atoms with Crippen LogP contribution in [0.2, 0.25) is 0 Å². The van der Waals surface area contributed by atoms with E-state index in [9.17, 15) is 4.79 Å². The zero-order valence-corrected chi connectivity index (χ0v) is 22.3. The molecule has 1 aliphatic rings. The Morgan fingerprint density at radius 1 is 0.944 bits per heavy atom. The van der Waals surface area contributed by atoms with Gasteiger partial charge in [-0.2, -0.15) is 0 Å². The molecule has 0 radical (unpaired) electrons. The molecule has 1 heterocycles. The lowest BCUT2D eigenvalue weighted by molar-refractivity contribution is -0.122. The SMILES string of the molecule is CCCN1C(=O)/C(=C\c2c(OCc3ccc(Br)cc3)ccc3ccccc23)SC1=Nc1ccccc1. The van der Waals surface area contributed by atoms with Gasteiger partial charge < -0.3 is 4.74 Å². The van der Waals surface area contributed by atoms with E-state index >= 15 is 0 Å². The van der Waals surface area contributed by atoms with Crippen molar-refractivity contribution in [2.24, 2.45) is 4.99 Å². The summed E-state index contributed by atoms with van der Waals surface area (Å²) >= 11 is 4.90. The summed E-state index contributed by atoms with van der Waals surface area (Å²) in [5.74, 6) is 0.719. The predicted octanol–water partition coefficient (Wildman–Crippen LogP) is 8.20. The molecule has 1 saturated heterocycles.